The molecule has 2 aliphatic rings. The molecule has 1 amide bonds. The minimum Gasteiger partial charge on any atom is -0.495 e. The molecule has 0 saturated heterocycles. The van der Waals surface area contributed by atoms with Gasteiger partial charge in [0, 0.05) is 35.6 Å². The Hall–Kier alpha value is -2.24. The van der Waals surface area contributed by atoms with Crippen LogP contribution < -0.4 is 10.1 Å². The molecule has 7 heteroatoms. The molecular weight excluding hydrogens is 457 g/mol. The van der Waals surface area contributed by atoms with Gasteiger partial charge in [-0.15, -0.1) is 0 Å². The van der Waals surface area contributed by atoms with Gasteiger partial charge in [-0.1, -0.05) is 42.5 Å². The number of hydrogen-bond acceptors (Lipinski definition) is 3. The predicted molar refractivity (Wildman–Crippen MR) is 134 cm³/mol. The number of nitrogens with zero attached hydrogens (tertiary/aromatic N) is 2. The lowest BCUT2D eigenvalue weighted by atomic mass is 9.89. The van der Waals surface area contributed by atoms with E-state index >= 15 is 0 Å². The lowest BCUT2D eigenvalue weighted by Gasteiger charge is -2.25. The van der Waals surface area contributed by atoms with Crippen molar-refractivity contribution in [2.24, 2.45) is 5.92 Å². The Morgan fingerprint density at radius 3 is 2.55 bits per heavy atom. The fourth-order valence-corrected chi connectivity index (χ4v) is 6.09. The summed E-state index contributed by atoms with van der Waals surface area (Å²) in [4.78, 5) is 17.5. The standard InChI is InChI=1S/C26H29Cl2N3O2/c1-33-22-12-11-18(26(32)30-24-19(27)13-29-14-20(24)28)23-17-9-5-6-10-21(17)31(25(22)23)15-16-7-3-2-4-8-16/h11-14,16H,2-10,15H2,1H3,(H,29,30,32). The largest absolute Gasteiger partial charge is 0.495 e. The van der Waals surface area contributed by atoms with Gasteiger partial charge >= 0.3 is 0 Å². The van der Waals surface area contributed by atoms with E-state index < -0.39 is 0 Å². The highest BCUT2D eigenvalue weighted by molar-refractivity contribution is 6.39. The second-order valence-corrected chi connectivity index (χ2v) is 10.0. The molecular formula is C26H29Cl2N3O2. The Bertz CT molecular complexity index is 1180. The van der Waals surface area contributed by atoms with Crippen molar-refractivity contribution < 1.29 is 9.53 Å². The number of rotatable bonds is 5. The summed E-state index contributed by atoms with van der Waals surface area (Å²) in [6.45, 7) is 0.995. The molecule has 1 aromatic carbocycles. The number of nitrogens with one attached hydrogen (secondary N) is 1. The monoisotopic (exact) mass is 485 g/mol. The lowest BCUT2D eigenvalue weighted by Crippen LogP contribution is -2.17. The number of carbonyl (C=O) groups excluding carboxylic acids is 1. The number of aryl methyl sites for hydroxylation is 1. The number of benzene rings is 1. The molecule has 2 aromatic heterocycles. The van der Waals surface area contributed by atoms with Crippen LogP contribution in [0.25, 0.3) is 10.9 Å². The van der Waals surface area contributed by atoms with Crippen molar-refractivity contribution in [2.75, 3.05) is 12.4 Å². The van der Waals surface area contributed by atoms with Crippen LogP contribution in [0.2, 0.25) is 10.0 Å². The Labute approximate surface area is 204 Å². The summed E-state index contributed by atoms with van der Waals surface area (Å²) in [5.74, 6) is 1.28. The minimum atomic E-state index is -0.221. The molecule has 1 N–H and O–H groups in total. The first-order valence-corrected chi connectivity index (χ1v) is 12.7. The number of carbonyl (C=O) groups is 1. The van der Waals surface area contributed by atoms with E-state index in [0.29, 0.717) is 27.2 Å². The topological polar surface area (TPSA) is 56.1 Å². The number of fused-ring (bicyclic) bond motifs is 3. The zero-order valence-electron chi connectivity index (χ0n) is 18.9. The van der Waals surface area contributed by atoms with E-state index in [9.17, 15) is 4.79 Å². The summed E-state index contributed by atoms with van der Waals surface area (Å²) in [5.41, 5.74) is 4.74. The van der Waals surface area contributed by atoms with Gasteiger partial charge in [0.1, 0.15) is 5.75 Å². The Morgan fingerprint density at radius 2 is 1.82 bits per heavy atom. The van der Waals surface area contributed by atoms with Gasteiger partial charge in [0.2, 0.25) is 0 Å². The van der Waals surface area contributed by atoms with Gasteiger partial charge in [-0.05, 0) is 62.1 Å². The van der Waals surface area contributed by atoms with Gasteiger partial charge < -0.3 is 14.6 Å². The highest BCUT2D eigenvalue weighted by Gasteiger charge is 2.28. The van der Waals surface area contributed by atoms with Crippen molar-refractivity contribution >= 4 is 45.7 Å². The number of pyridine rings is 1. The van der Waals surface area contributed by atoms with Gasteiger partial charge in [-0.2, -0.15) is 0 Å². The minimum absolute atomic E-state index is 0.221. The number of halogens is 2. The summed E-state index contributed by atoms with van der Waals surface area (Å²) in [7, 11) is 1.71. The Kier molecular flexibility index (Phi) is 6.53. The first kappa shape index (κ1) is 22.5. The predicted octanol–water partition coefficient (Wildman–Crippen LogP) is 7.06. The maximum Gasteiger partial charge on any atom is 0.256 e. The quantitative estimate of drug-likeness (QED) is 0.420. The van der Waals surface area contributed by atoms with Crippen LogP contribution in [0.1, 0.15) is 66.6 Å². The van der Waals surface area contributed by atoms with E-state index in [1.807, 2.05) is 12.1 Å². The molecule has 0 aliphatic heterocycles. The van der Waals surface area contributed by atoms with E-state index in [1.165, 1.54) is 62.2 Å². The van der Waals surface area contributed by atoms with Gasteiger partial charge in [0.25, 0.3) is 5.91 Å². The van der Waals surface area contributed by atoms with Crippen LogP contribution in [0.15, 0.2) is 24.5 Å². The average molecular weight is 486 g/mol. The summed E-state index contributed by atoms with van der Waals surface area (Å²) >= 11 is 12.5. The molecule has 174 valence electrons. The zero-order chi connectivity index (χ0) is 22.9. The van der Waals surface area contributed by atoms with Gasteiger partial charge in [0.15, 0.2) is 0 Å². The van der Waals surface area contributed by atoms with E-state index in [4.69, 9.17) is 27.9 Å². The average Bonchev–Trinajstić information content (AvgIpc) is 3.16. The normalized spacial score (nSPS) is 16.6. The fraction of sp³-hybridized carbons (Fsp3) is 0.462. The number of methoxy groups -OCH3 is 1. The summed E-state index contributed by atoms with van der Waals surface area (Å²) in [6, 6.07) is 3.77. The van der Waals surface area contributed by atoms with Crippen LogP contribution >= 0.6 is 23.2 Å². The molecule has 5 rings (SSSR count). The van der Waals surface area contributed by atoms with Crippen molar-refractivity contribution in [3.05, 3.63) is 51.4 Å². The fourth-order valence-electron chi connectivity index (χ4n) is 5.63. The maximum atomic E-state index is 13.5. The molecule has 0 bridgehead atoms. The first-order valence-electron chi connectivity index (χ1n) is 11.9. The van der Waals surface area contributed by atoms with Gasteiger partial charge in [0.05, 0.1) is 28.4 Å². The van der Waals surface area contributed by atoms with Crippen molar-refractivity contribution in [3.63, 3.8) is 0 Å². The van der Waals surface area contributed by atoms with Crippen LogP contribution in [0.4, 0.5) is 5.69 Å². The highest BCUT2D eigenvalue weighted by Crippen LogP contribution is 2.41. The van der Waals surface area contributed by atoms with Crippen molar-refractivity contribution in [1.82, 2.24) is 9.55 Å². The van der Waals surface area contributed by atoms with Crippen LogP contribution in [0, 0.1) is 5.92 Å². The third-order valence-electron chi connectivity index (χ3n) is 7.20. The smallest absolute Gasteiger partial charge is 0.256 e. The van der Waals surface area contributed by atoms with Crippen LogP contribution in [0.5, 0.6) is 5.75 Å². The van der Waals surface area contributed by atoms with Crippen LogP contribution in [-0.4, -0.2) is 22.6 Å². The van der Waals surface area contributed by atoms with Crippen LogP contribution in [-0.2, 0) is 19.4 Å². The summed E-state index contributed by atoms with van der Waals surface area (Å²) < 4.78 is 8.30. The van der Waals surface area contributed by atoms with E-state index in [1.54, 1.807) is 7.11 Å². The van der Waals surface area contributed by atoms with Crippen molar-refractivity contribution in [3.8, 4) is 5.75 Å². The molecule has 2 heterocycles. The lowest BCUT2D eigenvalue weighted by molar-refractivity contribution is 0.102. The Morgan fingerprint density at radius 1 is 1.09 bits per heavy atom. The molecule has 0 spiro atoms. The van der Waals surface area contributed by atoms with E-state index in [2.05, 4.69) is 14.9 Å². The molecule has 0 unspecified atom stereocenters. The second-order valence-electron chi connectivity index (χ2n) is 9.22. The van der Waals surface area contributed by atoms with E-state index in [-0.39, 0.29) is 5.91 Å². The molecule has 0 radical (unpaired) electrons. The summed E-state index contributed by atoms with van der Waals surface area (Å²) in [5, 5.41) is 4.58. The second kappa shape index (κ2) is 9.55. The number of anilines is 1. The highest BCUT2D eigenvalue weighted by atomic mass is 35.5. The maximum absolute atomic E-state index is 13.5. The van der Waals surface area contributed by atoms with Crippen molar-refractivity contribution in [2.45, 2.75) is 64.3 Å². The third kappa shape index (κ3) is 4.22. The number of ether oxygens (including phenoxy) is 1. The van der Waals surface area contributed by atoms with E-state index in [0.717, 1.165) is 42.5 Å². The first-order chi connectivity index (χ1) is 16.1. The molecule has 1 fully saturated rings. The van der Waals surface area contributed by atoms with Crippen LogP contribution in [0.3, 0.4) is 0 Å². The number of amides is 1. The summed E-state index contributed by atoms with van der Waals surface area (Å²) in [6.07, 6.45) is 13.8. The Balaban J connectivity index is 1.64. The molecule has 0 atom stereocenters. The molecule has 2 aliphatic carbocycles. The molecule has 3 aromatic rings. The zero-order valence-corrected chi connectivity index (χ0v) is 20.4. The SMILES string of the molecule is COc1ccc(C(=O)Nc2c(Cl)cncc2Cl)c2c3c(n(CC4CCCCC4)c12)CCCC3. The number of hydrogen-bond donors (Lipinski definition) is 1. The van der Waals surface area contributed by atoms with Crippen molar-refractivity contribution in [1.29, 1.82) is 0 Å². The number of aromatic nitrogens is 2. The molecule has 33 heavy (non-hydrogen) atoms. The van der Waals surface area contributed by atoms with Gasteiger partial charge in [-0.25, -0.2) is 0 Å². The molecule has 5 nitrogen and oxygen atoms in total. The van der Waals surface area contributed by atoms with Gasteiger partial charge in [-0.3, -0.25) is 9.78 Å². The molecule has 1 saturated carbocycles. The third-order valence-corrected chi connectivity index (χ3v) is 7.77.